The summed E-state index contributed by atoms with van der Waals surface area (Å²) < 4.78 is 5.12. The molecular formula is C10H13NOS. The van der Waals surface area contributed by atoms with Crippen molar-refractivity contribution in [3.63, 3.8) is 0 Å². The van der Waals surface area contributed by atoms with Gasteiger partial charge in [0.25, 0.3) is 0 Å². The topological polar surface area (TPSA) is 21.3 Å². The van der Waals surface area contributed by atoms with Gasteiger partial charge in [-0.2, -0.15) is 0 Å². The standard InChI is InChI=1S/C10H13NOS/c1-8(11-7-13)9-4-3-5-10(6-9)12-2/h3-8H,1-2H3,(H,11,13)/t8-/m1/s1. The quantitative estimate of drug-likeness (QED) is 0.745. The van der Waals surface area contributed by atoms with Gasteiger partial charge >= 0.3 is 0 Å². The number of nitrogens with one attached hydrogen (secondary N) is 1. The van der Waals surface area contributed by atoms with E-state index in [1.165, 1.54) is 11.1 Å². The third kappa shape index (κ3) is 2.70. The number of benzene rings is 1. The van der Waals surface area contributed by atoms with E-state index in [-0.39, 0.29) is 6.04 Å². The average Bonchev–Trinajstić information content (AvgIpc) is 2.18. The highest BCUT2D eigenvalue weighted by Gasteiger charge is 2.02. The maximum atomic E-state index is 5.12. The average molecular weight is 195 g/mol. The zero-order valence-corrected chi connectivity index (χ0v) is 8.60. The molecule has 0 aliphatic heterocycles. The van der Waals surface area contributed by atoms with E-state index in [2.05, 4.69) is 12.2 Å². The van der Waals surface area contributed by atoms with Crippen molar-refractivity contribution in [2.45, 2.75) is 13.0 Å². The summed E-state index contributed by atoms with van der Waals surface area (Å²) in [5, 5.41) is 3.05. The van der Waals surface area contributed by atoms with E-state index in [0.717, 1.165) is 5.75 Å². The van der Waals surface area contributed by atoms with E-state index >= 15 is 0 Å². The Hall–Kier alpha value is -1.09. The lowest BCUT2D eigenvalue weighted by Crippen LogP contribution is -2.14. The molecule has 3 heteroatoms. The lowest BCUT2D eigenvalue weighted by Gasteiger charge is -2.12. The number of hydrogen-bond donors (Lipinski definition) is 1. The van der Waals surface area contributed by atoms with Crippen molar-refractivity contribution in [3.05, 3.63) is 29.8 Å². The van der Waals surface area contributed by atoms with Gasteiger partial charge in [-0.15, -0.1) is 0 Å². The van der Waals surface area contributed by atoms with Crippen molar-refractivity contribution in [2.75, 3.05) is 7.11 Å². The Morgan fingerprint density at radius 3 is 2.92 bits per heavy atom. The molecule has 0 saturated carbocycles. The molecule has 0 saturated heterocycles. The van der Waals surface area contributed by atoms with Crippen molar-refractivity contribution in [1.82, 2.24) is 5.32 Å². The second-order valence-electron chi connectivity index (χ2n) is 2.78. The van der Waals surface area contributed by atoms with Crippen LogP contribution in [0.5, 0.6) is 5.75 Å². The van der Waals surface area contributed by atoms with Crippen LogP contribution in [0, 0.1) is 0 Å². The van der Waals surface area contributed by atoms with Gasteiger partial charge in [-0.05, 0) is 24.6 Å². The molecule has 0 aliphatic carbocycles. The molecule has 0 spiro atoms. The second-order valence-corrected chi connectivity index (χ2v) is 3.02. The number of hydrogen-bond acceptors (Lipinski definition) is 2. The molecule has 0 aliphatic rings. The summed E-state index contributed by atoms with van der Waals surface area (Å²) >= 11 is 4.72. The fourth-order valence-electron chi connectivity index (χ4n) is 1.11. The van der Waals surface area contributed by atoms with Crippen molar-refractivity contribution in [2.24, 2.45) is 0 Å². The summed E-state index contributed by atoms with van der Waals surface area (Å²) in [6.07, 6.45) is 0. The first kappa shape index (κ1) is 9.99. The van der Waals surface area contributed by atoms with Crippen LogP contribution in [0.25, 0.3) is 0 Å². The van der Waals surface area contributed by atoms with Gasteiger partial charge in [0.2, 0.25) is 0 Å². The monoisotopic (exact) mass is 195 g/mol. The van der Waals surface area contributed by atoms with Crippen LogP contribution in [-0.4, -0.2) is 12.6 Å². The van der Waals surface area contributed by atoms with Crippen LogP contribution in [0.1, 0.15) is 18.5 Å². The van der Waals surface area contributed by atoms with E-state index in [1.54, 1.807) is 7.11 Å². The fraction of sp³-hybridized carbons (Fsp3) is 0.300. The van der Waals surface area contributed by atoms with Crippen LogP contribution in [-0.2, 0) is 0 Å². The maximum Gasteiger partial charge on any atom is 0.119 e. The zero-order chi connectivity index (χ0) is 9.68. The van der Waals surface area contributed by atoms with Crippen LogP contribution in [0.4, 0.5) is 0 Å². The summed E-state index contributed by atoms with van der Waals surface area (Å²) in [6, 6.07) is 8.16. The van der Waals surface area contributed by atoms with E-state index in [4.69, 9.17) is 17.0 Å². The van der Waals surface area contributed by atoms with Crippen LogP contribution >= 0.6 is 12.2 Å². The molecule has 2 nitrogen and oxygen atoms in total. The second kappa shape index (κ2) is 4.82. The third-order valence-electron chi connectivity index (χ3n) is 1.91. The first-order valence-electron chi connectivity index (χ1n) is 4.11. The Morgan fingerprint density at radius 1 is 1.54 bits per heavy atom. The van der Waals surface area contributed by atoms with Crippen LogP contribution in [0.2, 0.25) is 0 Å². The number of methoxy groups -OCH3 is 1. The minimum atomic E-state index is 0.229. The fourth-order valence-corrected chi connectivity index (χ4v) is 1.31. The zero-order valence-electron chi connectivity index (χ0n) is 7.78. The first-order valence-corrected chi connectivity index (χ1v) is 4.58. The van der Waals surface area contributed by atoms with Gasteiger partial charge in [-0.3, -0.25) is 0 Å². The predicted molar refractivity (Wildman–Crippen MR) is 58.2 cm³/mol. The molecule has 0 bridgehead atoms. The molecule has 0 radical (unpaired) electrons. The van der Waals surface area contributed by atoms with Crippen molar-refractivity contribution < 1.29 is 4.74 Å². The van der Waals surface area contributed by atoms with Crippen molar-refractivity contribution in [3.8, 4) is 5.75 Å². The molecule has 1 atom stereocenters. The molecular weight excluding hydrogens is 182 g/mol. The lowest BCUT2D eigenvalue weighted by atomic mass is 10.1. The van der Waals surface area contributed by atoms with Gasteiger partial charge in [-0.25, -0.2) is 0 Å². The Labute approximate surface area is 83.9 Å². The summed E-state index contributed by atoms with van der Waals surface area (Å²) in [6.45, 7) is 2.05. The highest BCUT2D eigenvalue weighted by molar-refractivity contribution is 7.78. The van der Waals surface area contributed by atoms with E-state index < -0.39 is 0 Å². The molecule has 13 heavy (non-hydrogen) atoms. The van der Waals surface area contributed by atoms with Crippen LogP contribution in [0.3, 0.4) is 0 Å². The largest absolute Gasteiger partial charge is 0.497 e. The molecule has 1 aromatic rings. The number of thiocarbonyl (C=S) groups is 1. The van der Waals surface area contributed by atoms with Gasteiger partial charge < -0.3 is 10.1 Å². The Morgan fingerprint density at radius 2 is 2.31 bits per heavy atom. The van der Waals surface area contributed by atoms with Crippen molar-refractivity contribution >= 4 is 17.7 Å². The smallest absolute Gasteiger partial charge is 0.119 e. The van der Waals surface area contributed by atoms with Gasteiger partial charge in [0.05, 0.1) is 12.6 Å². The first-order chi connectivity index (χ1) is 6.27. The van der Waals surface area contributed by atoms with Gasteiger partial charge in [0, 0.05) is 6.04 Å². The van der Waals surface area contributed by atoms with Gasteiger partial charge in [0.15, 0.2) is 0 Å². The summed E-state index contributed by atoms with van der Waals surface area (Å²) in [4.78, 5) is 0. The lowest BCUT2D eigenvalue weighted by molar-refractivity contribution is 0.414. The summed E-state index contributed by atoms with van der Waals surface area (Å²) in [5.74, 6) is 0.871. The van der Waals surface area contributed by atoms with Crippen LogP contribution in [0.15, 0.2) is 24.3 Å². The SMILES string of the molecule is COc1cccc([C@@H](C)NC=S)c1. The predicted octanol–water partition coefficient (Wildman–Crippen LogP) is 2.30. The molecule has 70 valence electrons. The number of rotatable bonds is 4. The highest BCUT2D eigenvalue weighted by Crippen LogP contribution is 2.17. The van der Waals surface area contributed by atoms with E-state index in [9.17, 15) is 0 Å². The Kier molecular flexibility index (Phi) is 3.71. The molecule has 0 aromatic heterocycles. The molecule has 1 rings (SSSR count). The molecule has 1 N–H and O–H groups in total. The normalized spacial score (nSPS) is 11.8. The molecule has 0 amide bonds. The van der Waals surface area contributed by atoms with Crippen molar-refractivity contribution in [1.29, 1.82) is 0 Å². The molecule has 0 unspecified atom stereocenters. The minimum Gasteiger partial charge on any atom is -0.497 e. The maximum absolute atomic E-state index is 5.12. The molecule has 1 aromatic carbocycles. The summed E-state index contributed by atoms with van der Waals surface area (Å²) in [7, 11) is 1.66. The Bertz CT molecular complexity index is 288. The van der Waals surface area contributed by atoms with Crippen LogP contribution < -0.4 is 10.1 Å². The Balaban J connectivity index is 2.81. The van der Waals surface area contributed by atoms with Gasteiger partial charge in [-0.1, -0.05) is 24.4 Å². The molecule has 0 heterocycles. The summed E-state index contributed by atoms with van der Waals surface area (Å²) in [5.41, 5.74) is 2.70. The van der Waals surface area contributed by atoms with E-state index in [1.807, 2.05) is 24.3 Å². The highest BCUT2D eigenvalue weighted by atomic mass is 32.1. The van der Waals surface area contributed by atoms with Gasteiger partial charge in [0.1, 0.15) is 5.75 Å². The number of ether oxygens (including phenoxy) is 1. The third-order valence-corrected chi connectivity index (χ3v) is 2.05. The minimum absolute atomic E-state index is 0.229. The molecule has 0 fully saturated rings. The van der Waals surface area contributed by atoms with E-state index in [0.29, 0.717) is 0 Å².